The van der Waals surface area contributed by atoms with Gasteiger partial charge in [0, 0.05) is 23.6 Å². The van der Waals surface area contributed by atoms with Crippen LogP contribution in [0.1, 0.15) is 30.1 Å². The van der Waals surface area contributed by atoms with E-state index in [-0.39, 0.29) is 24.1 Å². The minimum atomic E-state index is -0.693. The molecule has 1 aliphatic heterocycles. The van der Waals surface area contributed by atoms with Crippen LogP contribution in [0, 0.1) is 0 Å². The maximum Gasteiger partial charge on any atom is 0.252 e. The van der Waals surface area contributed by atoms with Crippen molar-refractivity contribution < 1.29 is 9.59 Å². The minimum Gasteiger partial charge on any atom is -0.324 e. The van der Waals surface area contributed by atoms with Gasteiger partial charge in [0.1, 0.15) is 5.54 Å². The minimum absolute atomic E-state index is 0. The van der Waals surface area contributed by atoms with Gasteiger partial charge in [0.2, 0.25) is 0 Å². The molecule has 128 valence electrons. The molecular formula is C17H21ClN4O2. The maximum absolute atomic E-state index is 13.0. The molecule has 0 spiro atoms. The third kappa shape index (κ3) is 3.49. The summed E-state index contributed by atoms with van der Waals surface area (Å²) in [7, 11) is 0. The van der Waals surface area contributed by atoms with Crippen LogP contribution in [0.15, 0.2) is 42.7 Å². The zero-order valence-corrected chi connectivity index (χ0v) is 14.3. The van der Waals surface area contributed by atoms with E-state index in [1.165, 1.54) is 6.92 Å². The Morgan fingerprint density at radius 1 is 1.25 bits per heavy atom. The van der Waals surface area contributed by atoms with Crippen molar-refractivity contribution in [2.45, 2.75) is 25.3 Å². The van der Waals surface area contributed by atoms with Crippen molar-refractivity contribution in [3.8, 4) is 0 Å². The number of nitrogens with zero attached hydrogens (tertiary/aromatic N) is 2. The van der Waals surface area contributed by atoms with Crippen LogP contribution < -0.4 is 10.6 Å². The number of carbonyl (C=O) groups is 2. The summed E-state index contributed by atoms with van der Waals surface area (Å²) in [6.45, 7) is 3.04. The van der Waals surface area contributed by atoms with Crippen LogP contribution >= 0.6 is 12.4 Å². The molecule has 1 amide bonds. The summed E-state index contributed by atoms with van der Waals surface area (Å²) in [6, 6.07) is 8.84. The SMILES string of the molecule is CC(=O)c1cccc(NC(=O)C2(n3cccn3)CCNCC2)c1.Cl. The van der Waals surface area contributed by atoms with Crippen LogP contribution in [0.5, 0.6) is 0 Å². The van der Waals surface area contributed by atoms with Gasteiger partial charge in [-0.15, -0.1) is 12.4 Å². The van der Waals surface area contributed by atoms with Gasteiger partial charge in [-0.3, -0.25) is 14.3 Å². The third-order valence-electron chi connectivity index (χ3n) is 4.32. The molecular weight excluding hydrogens is 328 g/mol. The van der Waals surface area contributed by atoms with Crippen molar-refractivity contribution in [3.63, 3.8) is 0 Å². The largest absolute Gasteiger partial charge is 0.324 e. The molecule has 0 saturated carbocycles. The van der Waals surface area contributed by atoms with Gasteiger partial charge < -0.3 is 10.6 Å². The van der Waals surface area contributed by atoms with E-state index in [1.807, 2.05) is 12.3 Å². The number of hydrogen-bond donors (Lipinski definition) is 2. The first-order chi connectivity index (χ1) is 11.1. The Labute approximate surface area is 147 Å². The highest BCUT2D eigenvalue weighted by atomic mass is 35.5. The van der Waals surface area contributed by atoms with E-state index in [2.05, 4.69) is 15.7 Å². The highest BCUT2D eigenvalue weighted by Gasteiger charge is 2.42. The molecule has 1 saturated heterocycles. The Bertz CT molecular complexity index is 709. The zero-order chi connectivity index (χ0) is 16.3. The summed E-state index contributed by atoms with van der Waals surface area (Å²) in [5, 5.41) is 10.5. The van der Waals surface area contributed by atoms with E-state index in [0.717, 1.165) is 13.1 Å². The fourth-order valence-electron chi connectivity index (χ4n) is 2.99. The quantitative estimate of drug-likeness (QED) is 0.831. The zero-order valence-electron chi connectivity index (χ0n) is 13.5. The molecule has 1 aromatic heterocycles. The second kappa shape index (κ2) is 7.59. The van der Waals surface area contributed by atoms with Crippen molar-refractivity contribution in [3.05, 3.63) is 48.3 Å². The van der Waals surface area contributed by atoms with Crippen molar-refractivity contribution in [2.75, 3.05) is 18.4 Å². The lowest BCUT2D eigenvalue weighted by Crippen LogP contribution is -2.52. The second-order valence-corrected chi connectivity index (χ2v) is 5.82. The molecule has 7 heteroatoms. The van der Waals surface area contributed by atoms with Crippen LogP contribution in [-0.4, -0.2) is 34.6 Å². The average molecular weight is 349 g/mol. The number of halogens is 1. The molecule has 0 aliphatic carbocycles. The predicted octanol–water partition coefficient (Wildman–Crippen LogP) is 2.22. The molecule has 0 radical (unpaired) electrons. The van der Waals surface area contributed by atoms with Crippen LogP contribution in [-0.2, 0) is 10.3 Å². The van der Waals surface area contributed by atoms with Crippen LogP contribution in [0.4, 0.5) is 5.69 Å². The number of ketones is 1. The lowest BCUT2D eigenvalue weighted by molar-refractivity contribution is -0.126. The molecule has 0 atom stereocenters. The fraction of sp³-hybridized carbons (Fsp3) is 0.353. The molecule has 1 fully saturated rings. The fourth-order valence-corrected chi connectivity index (χ4v) is 2.99. The normalized spacial score (nSPS) is 16.0. The molecule has 1 aromatic carbocycles. The number of anilines is 1. The van der Waals surface area contributed by atoms with Gasteiger partial charge in [0.15, 0.2) is 5.78 Å². The monoisotopic (exact) mass is 348 g/mol. The third-order valence-corrected chi connectivity index (χ3v) is 4.32. The number of rotatable bonds is 4. The Morgan fingerprint density at radius 2 is 2.00 bits per heavy atom. The smallest absolute Gasteiger partial charge is 0.252 e. The van der Waals surface area contributed by atoms with Crippen molar-refractivity contribution >= 4 is 29.8 Å². The Morgan fingerprint density at radius 3 is 2.62 bits per heavy atom. The average Bonchev–Trinajstić information content (AvgIpc) is 3.10. The molecule has 2 heterocycles. The number of Topliss-reactive ketones (excluding diaryl/α,β-unsaturated/α-hetero) is 1. The van der Waals surface area contributed by atoms with E-state index in [0.29, 0.717) is 24.1 Å². The van der Waals surface area contributed by atoms with Crippen molar-refractivity contribution in [1.82, 2.24) is 15.1 Å². The first-order valence-electron chi connectivity index (χ1n) is 7.75. The highest BCUT2D eigenvalue weighted by Crippen LogP contribution is 2.28. The molecule has 1 aliphatic rings. The number of piperidine rings is 1. The number of amides is 1. The van der Waals surface area contributed by atoms with Gasteiger partial charge in [-0.25, -0.2) is 0 Å². The summed E-state index contributed by atoms with van der Waals surface area (Å²) >= 11 is 0. The van der Waals surface area contributed by atoms with Gasteiger partial charge >= 0.3 is 0 Å². The summed E-state index contributed by atoms with van der Waals surface area (Å²) in [5.74, 6) is -0.117. The number of benzene rings is 1. The molecule has 6 nitrogen and oxygen atoms in total. The topological polar surface area (TPSA) is 76.0 Å². The van der Waals surface area contributed by atoms with E-state index in [4.69, 9.17) is 0 Å². The molecule has 2 aromatic rings. The molecule has 3 rings (SSSR count). The lowest BCUT2D eigenvalue weighted by atomic mass is 9.87. The van der Waals surface area contributed by atoms with Gasteiger partial charge in [-0.1, -0.05) is 12.1 Å². The Kier molecular flexibility index (Phi) is 5.75. The van der Waals surface area contributed by atoms with E-state index in [1.54, 1.807) is 35.1 Å². The molecule has 2 N–H and O–H groups in total. The number of nitrogens with one attached hydrogen (secondary N) is 2. The van der Waals surface area contributed by atoms with Crippen molar-refractivity contribution in [1.29, 1.82) is 0 Å². The summed E-state index contributed by atoms with van der Waals surface area (Å²) < 4.78 is 1.75. The predicted molar refractivity (Wildman–Crippen MR) is 94.6 cm³/mol. The van der Waals surface area contributed by atoms with E-state index < -0.39 is 5.54 Å². The van der Waals surface area contributed by atoms with Gasteiger partial charge in [-0.05, 0) is 51.1 Å². The molecule has 24 heavy (non-hydrogen) atoms. The van der Waals surface area contributed by atoms with Crippen LogP contribution in [0.2, 0.25) is 0 Å². The van der Waals surface area contributed by atoms with Gasteiger partial charge in [0.05, 0.1) is 0 Å². The van der Waals surface area contributed by atoms with Crippen LogP contribution in [0.3, 0.4) is 0 Å². The van der Waals surface area contributed by atoms with E-state index in [9.17, 15) is 9.59 Å². The summed E-state index contributed by atoms with van der Waals surface area (Å²) in [4.78, 5) is 24.5. The molecule has 0 bridgehead atoms. The van der Waals surface area contributed by atoms with Gasteiger partial charge in [0.25, 0.3) is 5.91 Å². The maximum atomic E-state index is 13.0. The van der Waals surface area contributed by atoms with E-state index >= 15 is 0 Å². The van der Waals surface area contributed by atoms with Crippen LogP contribution in [0.25, 0.3) is 0 Å². The first kappa shape index (κ1) is 18.2. The Balaban J connectivity index is 0.00000208. The lowest BCUT2D eigenvalue weighted by Gasteiger charge is -2.36. The summed E-state index contributed by atoms with van der Waals surface area (Å²) in [5.41, 5.74) is 0.523. The molecule has 0 unspecified atom stereocenters. The number of carbonyl (C=O) groups excluding carboxylic acids is 2. The Hall–Kier alpha value is -2.18. The first-order valence-corrected chi connectivity index (χ1v) is 7.75. The second-order valence-electron chi connectivity index (χ2n) is 5.82. The number of aromatic nitrogens is 2. The van der Waals surface area contributed by atoms with Crippen molar-refractivity contribution in [2.24, 2.45) is 0 Å². The van der Waals surface area contributed by atoms with Gasteiger partial charge in [-0.2, -0.15) is 5.10 Å². The highest BCUT2D eigenvalue weighted by molar-refractivity contribution is 5.99. The number of hydrogen-bond acceptors (Lipinski definition) is 4. The standard InChI is InChI=1S/C17H20N4O2.ClH/c1-13(22)14-4-2-5-15(12-14)20-16(23)17(6-9-18-10-7-17)21-11-3-8-19-21;/h2-5,8,11-12,18H,6-7,9-10H2,1H3,(H,20,23);1H. The summed E-state index contributed by atoms with van der Waals surface area (Å²) in [6.07, 6.45) is 4.87.